The van der Waals surface area contributed by atoms with Crippen molar-refractivity contribution in [3.63, 3.8) is 0 Å². The van der Waals surface area contributed by atoms with Gasteiger partial charge in [-0.1, -0.05) is 13.8 Å². The zero-order chi connectivity index (χ0) is 14.3. The molecule has 0 aliphatic carbocycles. The van der Waals surface area contributed by atoms with Crippen molar-refractivity contribution < 1.29 is 9.13 Å². The number of hydrogen-bond donors (Lipinski definition) is 1. The molecule has 0 radical (unpaired) electrons. The third-order valence-electron chi connectivity index (χ3n) is 3.26. The Kier molecular flexibility index (Phi) is 6.81. The van der Waals surface area contributed by atoms with E-state index in [-0.39, 0.29) is 11.9 Å². The second-order valence-corrected chi connectivity index (χ2v) is 5.30. The smallest absolute Gasteiger partial charge is 0.123 e. The van der Waals surface area contributed by atoms with E-state index in [1.54, 1.807) is 12.1 Å². The molecule has 0 saturated carbocycles. The quantitative estimate of drug-likeness (QED) is 0.787. The highest BCUT2D eigenvalue weighted by molar-refractivity contribution is 5.21. The van der Waals surface area contributed by atoms with Gasteiger partial charge in [0.2, 0.25) is 0 Å². The van der Waals surface area contributed by atoms with Gasteiger partial charge in [0.05, 0.1) is 0 Å². The Morgan fingerprint density at radius 1 is 1.21 bits per heavy atom. The first-order valence-electron chi connectivity index (χ1n) is 6.81. The van der Waals surface area contributed by atoms with Crippen LogP contribution in [0.2, 0.25) is 0 Å². The van der Waals surface area contributed by atoms with Gasteiger partial charge in [0.1, 0.15) is 18.2 Å². The Morgan fingerprint density at radius 3 is 2.42 bits per heavy atom. The highest BCUT2D eigenvalue weighted by Crippen LogP contribution is 2.10. The zero-order valence-electron chi connectivity index (χ0n) is 12.1. The van der Waals surface area contributed by atoms with Gasteiger partial charge in [-0.25, -0.2) is 4.39 Å². The minimum absolute atomic E-state index is 0.243. The maximum absolute atomic E-state index is 12.7. The number of likely N-dealkylation sites (N-methyl/N-ethyl adjacent to an activating group) is 1. The van der Waals surface area contributed by atoms with Gasteiger partial charge in [-0.05, 0) is 50.2 Å². The number of halogens is 1. The molecule has 0 aliphatic heterocycles. The second-order valence-electron chi connectivity index (χ2n) is 5.30. The normalized spacial score (nSPS) is 13.0. The van der Waals surface area contributed by atoms with Crippen LogP contribution in [0.4, 0.5) is 4.39 Å². The van der Waals surface area contributed by atoms with Crippen LogP contribution in [0, 0.1) is 11.7 Å². The van der Waals surface area contributed by atoms with Crippen molar-refractivity contribution in [2.24, 2.45) is 11.7 Å². The molecule has 19 heavy (non-hydrogen) atoms. The van der Waals surface area contributed by atoms with Gasteiger partial charge in [0.25, 0.3) is 0 Å². The molecule has 1 rings (SSSR count). The van der Waals surface area contributed by atoms with Crippen LogP contribution in [-0.4, -0.2) is 37.7 Å². The first kappa shape index (κ1) is 15.9. The lowest BCUT2D eigenvalue weighted by atomic mass is 10.0. The van der Waals surface area contributed by atoms with E-state index in [1.165, 1.54) is 12.1 Å². The van der Waals surface area contributed by atoms with Crippen molar-refractivity contribution in [3.8, 4) is 5.75 Å². The van der Waals surface area contributed by atoms with Crippen molar-refractivity contribution in [3.05, 3.63) is 30.1 Å². The summed E-state index contributed by atoms with van der Waals surface area (Å²) in [5.41, 5.74) is 6.01. The molecule has 0 aromatic heterocycles. The van der Waals surface area contributed by atoms with Crippen LogP contribution < -0.4 is 10.5 Å². The van der Waals surface area contributed by atoms with E-state index in [0.29, 0.717) is 18.3 Å². The molecular weight excluding hydrogens is 243 g/mol. The maximum Gasteiger partial charge on any atom is 0.123 e. The van der Waals surface area contributed by atoms with E-state index in [0.717, 1.165) is 19.5 Å². The number of rotatable bonds is 8. The number of nitrogens with two attached hydrogens (primary N) is 1. The largest absolute Gasteiger partial charge is 0.492 e. The van der Waals surface area contributed by atoms with E-state index < -0.39 is 0 Å². The van der Waals surface area contributed by atoms with Gasteiger partial charge in [-0.15, -0.1) is 0 Å². The van der Waals surface area contributed by atoms with E-state index >= 15 is 0 Å². The first-order valence-corrected chi connectivity index (χ1v) is 6.81. The molecule has 0 aliphatic rings. The lowest BCUT2D eigenvalue weighted by Gasteiger charge is -2.21. The van der Waals surface area contributed by atoms with E-state index in [2.05, 4.69) is 25.8 Å². The van der Waals surface area contributed by atoms with E-state index in [4.69, 9.17) is 10.5 Å². The molecule has 1 atom stereocenters. The summed E-state index contributed by atoms with van der Waals surface area (Å²) in [5.74, 6) is 0.977. The fourth-order valence-corrected chi connectivity index (χ4v) is 1.66. The second kappa shape index (κ2) is 8.12. The number of benzene rings is 1. The van der Waals surface area contributed by atoms with E-state index in [1.807, 2.05) is 0 Å². The molecule has 1 unspecified atom stereocenters. The van der Waals surface area contributed by atoms with Crippen LogP contribution in [0.1, 0.15) is 20.3 Å². The van der Waals surface area contributed by atoms with Crippen molar-refractivity contribution in [1.82, 2.24) is 4.90 Å². The van der Waals surface area contributed by atoms with Gasteiger partial charge in [-0.2, -0.15) is 0 Å². The van der Waals surface area contributed by atoms with E-state index in [9.17, 15) is 4.39 Å². The molecule has 1 aromatic rings. The van der Waals surface area contributed by atoms with Crippen LogP contribution in [0.25, 0.3) is 0 Å². The summed E-state index contributed by atoms with van der Waals surface area (Å²) < 4.78 is 18.2. The molecule has 0 amide bonds. The molecule has 2 N–H and O–H groups in total. The third kappa shape index (κ3) is 6.55. The van der Waals surface area contributed by atoms with Crippen molar-refractivity contribution in [1.29, 1.82) is 0 Å². The predicted molar refractivity (Wildman–Crippen MR) is 76.8 cm³/mol. The lowest BCUT2D eigenvalue weighted by Crippen LogP contribution is -2.33. The Labute approximate surface area is 115 Å². The van der Waals surface area contributed by atoms with Gasteiger partial charge in [-0.3, -0.25) is 0 Å². The fourth-order valence-electron chi connectivity index (χ4n) is 1.66. The number of nitrogens with zero attached hydrogens (tertiary/aromatic N) is 1. The molecule has 3 nitrogen and oxygen atoms in total. The van der Waals surface area contributed by atoms with Gasteiger partial charge in [0.15, 0.2) is 0 Å². The van der Waals surface area contributed by atoms with Crippen molar-refractivity contribution in [2.75, 3.05) is 26.7 Å². The molecule has 0 saturated heterocycles. The summed E-state index contributed by atoms with van der Waals surface area (Å²) in [4.78, 5) is 2.20. The summed E-state index contributed by atoms with van der Waals surface area (Å²) in [6, 6.07) is 6.34. The molecule has 4 heteroatoms. The Hall–Kier alpha value is -1.13. The number of hydrogen-bond acceptors (Lipinski definition) is 3. The Balaban J connectivity index is 2.16. The van der Waals surface area contributed by atoms with Crippen LogP contribution in [0.3, 0.4) is 0 Å². The number of ether oxygens (including phenoxy) is 1. The molecule has 1 aromatic carbocycles. The third-order valence-corrected chi connectivity index (χ3v) is 3.26. The van der Waals surface area contributed by atoms with Gasteiger partial charge in [0, 0.05) is 12.6 Å². The zero-order valence-corrected chi connectivity index (χ0v) is 12.1. The van der Waals surface area contributed by atoms with Gasteiger partial charge >= 0.3 is 0 Å². The SMILES string of the molecule is CC(C)C(N)CCN(C)CCOc1ccc(F)cc1. The summed E-state index contributed by atoms with van der Waals surface area (Å²) in [5, 5.41) is 0. The van der Waals surface area contributed by atoms with Crippen LogP contribution >= 0.6 is 0 Å². The lowest BCUT2D eigenvalue weighted by molar-refractivity contribution is 0.228. The Morgan fingerprint density at radius 2 is 1.84 bits per heavy atom. The predicted octanol–water partition coefficient (Wildman–Crippen LogP) is 2.51. The van der Waals surface area contributed by atoms with Gasteiger partial charge < -0.3 is 15.4 Å². The average molecular weight is 268 g/mol. The van der Waals surface area contributed by atoms with Crippen LogP contribution in [0.15, 0.2) is 24.3 Å². The topological polar surface area (TPSA) is 38.5 Å². The van der Waals surface area contributed by atoms with Crippen molar-refractivity contribution in [2.45, 2.75) is 26.3 Å². The minimum Gasteiger partial charge on any atom is -0.492 e. The summed E-state index contributed by atoms with van der Waals surface area (Å²) in [6.45, 7) is 6.68. The molecule has 0 fully saturated rings. The fraction of sp³-hybridized carbons (Fsp3) is 0.600. The molecule has 0 heterocycles. The maximum atomic E-state index is 12.7. The standard InChI is InChI=1S/C15H25FN2O/c1-12(2)15(17)8-9-18(3)10-11-19-14-6-4-13(16)5-7-14/h4-7,12,15H,8-11,17H2,1-3H3. The van der Waals surface area contributed by atoms with Crippen LogP contribution in [-0.2, 0) is 0 Å². The average Bonchev–Trinajstić information content (AvgIpc) is 2.38. The van der Waals surface area contributed by atoms with Crippen molar-refractivity contribution >= 4 is 0 Å². The Bertz CT molecular complexity index is 354. The minimum atomic E-state index is -0.243. The molecular formula is C15H25FN2O. The summed E-state index contributed by atoms with van der Waals surface area (Å²) >= 11 is 0. The molecule has 0 spiro atoms. The van der Waals surface area contributed by atoms with Crippen LogP contribution in [0.5, 0.6) is 5.75 Å². The summed E-state index contributed by atoms with van der Waals surface area (Å²) in [7, 11) is 2.06. The molecule has 108 valence electrons. The summed E-state index contributed by atoms with van der Waals surface area (Å²) in [6.07, 6.45) is 0.991. The first-order chi connectivity index (χ1) is 8.99. The highest BCUT2D eigenvalue weighted by atomic mass is 19.1. The highest BCUT2D eigenvalue weighted by Gasteiger charge is 2.08. The monoisotopic (exact) mass is 268 g/mol. The molecule has 0 bridgehead atoms.